The van der Waals surface area contributed by atoms with Gasteiger partial charge in [-0.3, -0.25) is 4.98 Å². The van der Waals surface area contributed by atoms with Crippen LogP contribution in [-0.2, 0) is 0 Å². The minimum atomic E-state index is -0.588. The Hall–Kier alpha value is -5.43. The van der Waals surface area contributed by atoms with Crippen LogP contribution in [0.5, 0.6) is 11.5 Å². The van der Waals surface area contributed by atoms with E-state index in [0.29, 0.717) is 0 Å². The first-order valence-corrected chi connectivity index (χ1v) is 12.0. The van der Waals surface area contributed by atoms with Crippen LogP contribution < -0.4 is 9.47 Å². The Morgan fingerprint density at radius 2 is 0.816 bits per heavy atom. The molecule has 7 aromatic rings. The number of hydrogen-bond acceptors (Lipinski definition) is 5. The van der Waals surface area contributed by atoms with Gasteiger partial charge in [0.15, 0.2) is 11.5 Å². The van der Waals surface area contributed by atoms with Crippen molar-refractivity contribution in [1.82, 2.24) is 14.1 Å². The van der Waals surface area contributed by atoms with Crippen molar-refractivity contribution in [2.75, 3.05) is 0 Å². The van der Waals surface area contributed by atoms with Crippen LogP contribution in [-0.4, -0.2) is 26.3 Å². The maximum atomic E-state index is 13.3. The number of aromatic nitrogens is 3. The first-order valence-electron chi connectivity index (χ1n) is 12.0. The normalized spacial score (nSPS) is 11.4. The van der Waals surface area contributed by atoms with Crippen molar-refractivity contribution in [3.63, 3.8) is 0 Å². The Balaban J connectivity index is 1.21. The van der Waals surface area contributed by atoms with Gasteiger partial charge in [0.05, 0.1) is 34.5 Å². The van der Waals surface area contributed by atoms with Gasteiger partial charge in [-0.1, -0.05) is 72.8 Å². The molecule has 0 aliphatic carbocycles. The number of rotatable bonds is 2. The van der Waals surface area contributed by atoms with Gasteiger partial charge in [0.2, 0.25) is 0 Å². The van der Waals surface area contributed by atoms with E-state index < -0.39 is 12.2 Å². The van der Waals surface area contributed by atoms with Crippen LogP contribution in [0.1, 0.15) is 0 Å². The van der Waals surface area contributed by atoms with Gasteiger partial charge < -0.3 is 9.47 Å². The number of hydrogen-bond donors (Lipinski definition) is 0. The van der Waals surface area contributed by atoms with Gasteiger partial charge in [-0.05, 0) is 24.3 Å². The highest BCUT2D eigenvalue weighted by molar-refractivity contribution is 6.13. The molecule has 0 N–H and O–H groups in total. The maximum Gasteiger partial charge on any atom is 0.424 e. The summed E-state index contributed by atoms with van der Waals surface area (Å²) in [4.78, 5) is 30.8. The number of para-hydroxylation sites is 4. The van der Waals surface area contributed by atoms with E-state index in [-0.39, 0.29) is 11.5 Å². The van der Waals surface area contributed by atoms with Crippen LogP contribution in [0.25, 0.3) is 43.6 Å². The van der Waals surface area contributed by atoms with E-state index in [1.165, 1.54) is 27.6 Å². The summed E-state index contributed by atoms with van der Waals surface area (Å²) < 4.78 is 14.4. The van der Waals surface area contributed by atoms with Gasteiger partial charge in [0.25, 0.3) is 0 Å². The lowest BCUT2D eigenvalue weighted by Crippen LogP contribution is -2.18. The molecule has 0 amide bonds. The number of pyridine rings is 1. The third kappa shape index (κ3) is 3.41. The van der Waals surface area contributed by atoms with Gasteiger partial charge in [-0.25, -0.2) is 18.7 Å². The first kappa shape index (κ1) is 21.8. The summed E-state index contributed by atoms with van der Waals surface area (Å²) in [5.74, 6) is 0.314. The zero-order chi connectivity index (χ0) is 25.6. The molecule has 7 rings (SSSR count). The molecule has 0 saturated carbocycles. The Labute approximate surface area is 216 Å². The first-order chi connectivity index (χ1) is 18.7. The van der Waals surface area contributed by atoms with E-state index in [2.05, 4.69) is 4.98 Å². The number of nitrogens with zero attached hydrogens (tertiary/aromatic N) is 3. The fraction of sp³-hybridized carbons (Fsp3) is 0. The quantitative estimate of drug-likeness (QED) is 0.249. The minimum absolute atomic E-state index is 0.157. The van der Waals surface area contributed by atoms with E-state index in [0.717, 1.165) is 43.6 Å². The Kier molecular flexibility index (Phi) is 4.94. The molecule has 0 spiro atoms. The number of carbonyl (C=O) groups is 2. The summed E-state index contributed by atoms with van der Waals surface area (Å²) in [6.07, 6.45) is 1.64. The predicted octanol–water partition coefficient (Wildman–Crippen LogP) is 7.39. The molecule has 0 saturated heterocycles. The van der Waals surface area contributed by atoms with Crippen LogP contribution in [0.2, 0.25) is 0 Å². The zero-order valence-electron chi connectivity index (χ0n) is 19.9. The number of fused-ring (bicyclic) bond motifs is 6. The molecular formula is C31H19N3O4. The summed E-state index contributed by atoms with van der Waals surface area (Å²) in [6, 6.07) is 32.1. The lowest BCUT2D eigenvalue weighted by atomic mass is 10.2. The van der Waals surface area contributed by atoms with Crippen molar-refractivity contribution in [2.24, 2.45) is 0 Å². The van der Waals surface area contributed by atoms with Gasteiger partial charge in [0.1, 0.15) is 0 Å². The fourth-order valence-electron chi connectivity index (χ4n) is 5.04. The topological polar surface area (TPSA) is 75.4 Å². The predicted molar refractivity (Wildman–Crippen MR) is 146 cm³/mol. The highest BCUT2D eigenvalue weighted by Crippen LogP contribution is 2.31. The second-order valence-electron chi connectivity index (χ2n) is 8.83. The second-order valence-corrected chi connectivity index (χ2v) is 8.83. The van der Waals surface area contributed by atoms with Crippen molar-refractivity contribution < 1.29 is 19.1 Å². The van der Waals surface area contributed by atoms with Crippen LogP contribution in [0, 0.1) is 0 Å². The monoisotopic (exact) mass is 497 g/mol. The summed E-state index contributed by atoms with van der Waals surface area (Å²) in [5, 5.41) is 3.80. The number of benzene rings is 4. The second kappa shape index (κ2) is 8.60. The molecule has 4 aromatic carbocycles. The molecule has 182 valence electrons. The molecule has 0 aliphatic rings. The molecule has 0 unspecified atom stereocenters. The highest BCUT2D eigenvalue weighted by atomic mass is 16.6. The van der Waals surface area contributed by atoms with Crippen LogP contribution in [0.15, 0.2) is 116 Å². The maximum absolute atomic E-state index is 13.3. The summed E-state index contributed by atoms with van der Waals surface area (Å²) in [6.45, 7) is 0. The third-order valence-electron chi connectivity index (χ3n) is 6.62. The zero-order valence-corrected chi connectivity index (χ0v) is 19.9. The summed E-state index contributed by atoms with van der Waals surface area (Å²) in [7, 11) is 0. The van der Waals surface area contributed by atoms with Crippen molar-refractivity contribution >= 4 is 55.8 Å². The van der Waals surface area contributed by atoms with Crippen LogP contribution in [0.3, 0.4) is 0 Å². The molecule has 0 atom stereocenters. The lowest BCUT2D eigenvalue weighted by Gasteiger charge is -2.10. The van der Waals surface area contributed by atoms with Crippen LogP contribution >= 0.6 is 0 Å². The van der Waals surface area contributed by atoms with Crippen LogP contribution in [0.4, 0.5) is 9.59 Å². The van der Waals surface area contributed by atoms with Crippen molar-refractivity contribution in [1.29, 1.82) is 0 Å². The van der Waals surface area contributed by atoms with Crippen molar-refractivity contribution in [3.05, 3.63) is 116 Å². The molecule has 38 heavy (non-hydrogen) atoms. The minimum Gasteiger partial charge on any atom is -0.408 e. The van der Waals surface area contributed by atoms with Gasteiger partial charge in [-0.2, -0.15) is 0 Å². The number of ether oxygens (including phenoxy) is 2. The molecule has 7 nitrogen and oxygen atoms in total. The largest absolute Gasteiger partial charge is 0.424 e. The van der Waals surface area contributed by atoms with E-state index in [1.54, 1.807) is 0 Å². The molecule has 3 aromatic heterocycles. The van der Waals surface area contributed by atoms with Gasteiger partial charge in [-0.15, -0.1) is 0 Å². The average molecular weight is 498 g/mol. The Morgan fingerprint density at radius 1 is 0.500 bits per heavy atom. The Bertz CT molecular complexity index is 1790. The standard InChI is InChI=1S/C31H19N3O4/c35-30(33-26-13-5-1-9-22(26)23-10-2-6-14-27(23)33)37-20-17-21(19-32-18-20)38-31(36)34-28-15-7-3-11-24(28)25-12-4-8-16-29(25)34/h1-19H. The molecular weight excluding hydrogens is 478 g/mol. The molecule has 0 bridgehead atoms. The van der Waals surface area contributed by atoms with Crippen molar-refractivity contribution in [3.8, 4) is 11.5 Å². The van der Waals surface area contributed by atoms with E-state index >= 15 is 0 Å². The average Bonchev–Trinajstić information content (AvgIpc) is 3.46. The van der Waals surface area contributed by atoms with Crippen molar-refractivity contribution in [2.45, 2.75) is 0 Å². The van der Waals surface area contributed by atoms with E-state index in [1.807, 2.05) is 97.1 Å². The molecule has 3 heterocycles. The van der Waals surface area contributed by atoms with E-state index in [9.17, 15) is 9.59 Å². The molecule has 7 heteroatoms. The SMILES string of the molecule is O=C(Oc1cncc(OC(=O)n2c3ccccc3c3ccccc32)c1)n1c2ccccc2c2ccccc21. The van der Waals surface area contributed by atoms with Gasteiger partial charge in [0, 0.05) is 27.6 Å². The Morgan fingerprint density at radius 3 is 1.16 bits per heavy atom. The smallest absolute Gasteiger partial charge is 0.408 e. The lowest BCUT2D eigenvalue weighted by molar-refractivity contribution is 0.202. The molecule has 0 aliphatic heterocycles. The fourth-order valence-corrected chi connectivity index (χ4v) is 5.04. The third-order valence-corrected chi connectivity index (χ3v) is 6.62. The summed E-state index contributed by atoms with van der Waals surface area (Å²) in [5.41, 5.74) is 2.95. The molecule has 0 fully saturated rings. The summed E-state index contributed by atoms with van der Waals surface area (Å²) >= 11 is 0. The van der Waals surface area contributed by atoms with E-state index in [4.69, 9.17) is 9.47 Å². The van der Waals surface area contributed by atoms with Gasteiger partial charge >= 0.3 is 12.2 Å². The molecule has 0 radical (unpaired) electrons. The highest BCUT2D eigenvalue weighted by Gasteiger charge is 2.20. The number of carbonyl (C=O) groups excluding carboxylic acids is 2.